The van der Waals surface area contributed by atoms with Crippen LogP contribution in [0.15, 0.2) is 53.6 Å². The topological polar surface area (TPSA) is 116 Å². The molecule has 0 spiro atoms. The lowest BCUT2D eigenvalue weighted by molar-refractivity contribution is 0.150. The molecular formula is C28H35N7O4. The van der Waals surface area contributed by atoms with E-state index in [0.29, 0.717) is 53.2 Å². The molecule has 2 N–H and O–H groups in total. The number of aromatic nitrogens is 4. The van der Waals surface area contributed by atoms with E-state index in [-0.39, 0.29) is 5.56 Å². The third-order valence-corrected chi connectivity index (χ3v) is 6.40. The first-order chi connectivity index (χ1) is 19.0. The van der Waals surface area contributed by atoms with Gasteiger partial charge in [-0.05, 0) is 49.8 Å². The Bertz CT molecular complexity index is 1450. The number of likely N-dealkylation sites (N-methyl/N-ethyl adjacent to an activating group) is 1. The Morgan fingerprint density at radius 2 is 1.72 bits per heavy atom. The fourth-order valence-electron chi connectivity index (χ4n) is 4.22. The minimum atomic E-state index is -0.165. The van der Waals surface area contributed by atoms with E-state index in [4.69, 9.17) is 14.3 Å². The van der Waals surface area contributed by atoms with Crippen molar-refractivity contribution in [3.8, 4) is 22.6 Å². The lowest BCUT2D eigenvalue weighted by Gasteiger charge is -2.17. The molecule has 0 unspecified atom stereocenters. The van der Waals surface area contributed by atoms with Gasteiger partial charge in [0.25, 0.3) is 5.56 Å². The highest BCUT2D eigenvalue weighted by molar-refractivity contribution is 5.82. The van der Waals surface area contributed by atoms with Crippen molar-refractivity contribution in [3.63, 3.8) is 0 Å². The first-order valence-electron chi connectivity index (χ1n) is 13.0. The van der Waals surface area contributed by atoms with E-state index in [1.807, 2.05) is 19.1 Å². The summed E-state index contributed by atoms with van der Waals surface area (Å²) < 4.78 is 12.4. The van der Waals surface area contributed by atoms with Crippen LogP contribution in [0.1, 0.15) is 20.8 Å². The number of hydrogen-bond donors (Lipinski definition) is 2. The average molecular weight is 534 g/mol. The molecule has 0 saturated carbocycles. The lowest BCUT2D eigenvalue weighted by atomic mass is 10.1. The summed E-state index contributed by atoms with van der Waals surface area (Å²) in [6.45, 7) is 9.92. The molecule has 0 atom stereocenters. The number of benzene rings is 1. The standard InChI is InChI=1S/C28H35N7O4/c1-6-34(7-2)11-12-39-33-25-16-21(9-10-29-25)31-28-30-18-20-15-24(27(36)35(8-3)26(20)32-28)19-13-22(37-4)17-23(14-19)38-5/h9-10,13-18H,6-8,11-12H2,1-5H3,(H2,29,30,31,32,33). The molecule has 3 heterocycles. The third kappa shape index (κ3) is 6.62. The molecule has 11 heteroatoms. The first-order valence-corrected chi connectivity index (χ1v) is 13.0. The Balaban J connectivity index is 1.57. The van der Waals surface area contributed by atoms with E-state index >= 15 is 0 Å². The molecule has 3 aromatic heterocycles. The fraction of sp³-hybridized carbons (Fsp3) is 0.357. The van der Waals surface area contributed by atoms with E-state index < -0.39 is 0 Å². The second-order valence-electron chi connectivity index (χ2n) is 8.71. The van der Waals surface area contributed by atoms with Crippen LogP contribution < -0.4 is 25.8 Å². The summed E-state index contributed by atoms with van der Waals surface area (Å²) in [5.74, 6) is 2.12. The Hall–Kier alpha value is -4.22. The largest absolute Gasteiger partial charge is 0.497 e. The zero-order valence-corrected chi connectivity index (χ0v) is 23.0. The Kier molecular flexibility index (Phi) is 9.29. The molecule has 4 rings (SSSR count). The molecule has 206 valence electrons. The van der Waals surface area contributed by atoms with Gasteiger partial charge in [-0.25, -0.2) is 15.4 Å². The van der Waals surface area contributed by atoms with Gasteiger partial charge in [-0.2, -0.15) is 4.98 Å². The molecule has 0 aliphatic carbocycles. The molecule has 0 aliphatic rings. The molecule has 0 amide bonds. The highest BCUT2D eigenvalue weighted by atomic mass is 16.6. The van der Waals surface area contributed by atoms with E-state index in [1.165, 1.54) is 0 Å². The number of ether oxygens (including phenoxy) is 2. The summed E-state index contributed by atoms with van der Waals surface area (Å²) in [6.07, 6.45) is 3.37. The maximum absolute atomic E-state index is 13.5. The normalized spacial score (nSPS) is 11.1. The van der Waals surface area contributed by atoms with Crippen LogP contribution in [0.2, 0.25) is 0 Å². The predicted molar refractivity (Wildman–Crippen MR) is 153 cm³/mol. The molecule has 1 aromatic carbocycles. The molecule has 0 saturated heterocycles. The van der Waals surface area contributed by atoms with E-state index in [0.717, 1.165) is 30.7 Å². The zero-order chi connectivity index (χ0) is 27.8. The summed E-state index contributed by atoms with van der Waals surface area (Å²) in [5.41, 5.74) is 5.18. The molecule has 4 aromatic rings. The van der Waals surface area contributed by atoms with Crippen molar-refractivity contribution in [1.29, 1.82) is 0 Å². The summed E-state index contributed by atoms with van der Waals surface area (Å²) in [4.78, 5) is 34.8. The Labute approximate surface area is 227 Å². The van der Waals surface area contributed by atoms with E-state index in [2.05, 4.69) is 44.5 Å². The van der Waals surface area contributed by atoms with Gasteiger partial charge < -0.3 is 19.7 Å². The Morgan fingerprint density at radius 3 is 2.38 bits per heavy atom. The second-order valence-corrected chi connectivity index (χ2v) is 8.71. The van der Waals surface area contributed by atoms with E-state index in [9.17, 15) is 4.79 Å². The number of hydrogen-bond acceptors (Lipinski definition) is 10. The van der Waals surface area contributed by atoms with Crippen LogP contribution in [0.3, 0.4) is 0 Å². The third-order valence-electron chi connectivity index (χ3n) is 6.40. The van der Waals surface area contributed by atoms with E-state index in [1.54, 1.807) is 55.4 Å². The van der Waals surface area contributed by atoms with Crippen LogP contribution in [0.25, 0.3) is 22.2 Å². The number of anilines is 3. The number of methoxy groups -OCH3 is 2. The van der Waals surface area contributed by atoms with Crippen molar-refractivity contribution >= 4 is 28.5 Å². The number of fused-ring (bicyclic) bond motifs is 1. The molecular weight excluding hydrogens is 498 g/mol. The molecule has 11 nitrogen and oxygen atoms in total. The van der Waals surface area contributed by atoms with Crippen LogP contribution in [-0.4, -0.2) is 64.9 Å². The summed E-state index contributed by atoms with van der Waals surface area (Å²) in [6, 6.07) is 10.8. The van der Waals surface area contributed by atoms with Gasteiger partial charge in [0.15, 0.2) is 5.82 Å². The highest BCUT2D eigenvalue weighted by Gasteiger charge is 2.15. The molecule has 39 heavy (non-hydrogen) atoms. The van der Waals surface area contributed by atoms with Crippen molar-refractivity contribution in [2.75, 3.05) is 51.3 Å². The smallest absolute Gasteiger partial charge is 0.260 e. The van der Waals surface area contributed by atoms with Crippen LogP contribution in [0, 0.1) is 0 Å². The maximum Gasteiger partial charge on any atom is 0.260 e. The van der Waals surface area contributed by atoms with Gasteiger partial charge in [-0.1, -0.05) is 13.8 Å². The van der Waals surface area contributed by atoms with Crippen LogP contribution >= 0.6 is 0 Å². The van der Waals surface area contributed by atoms with Gasteiger partial charge >= 0.3 is 0 Å². The highest BCUT2D eigenvalue weighted by Crippen LogP contribution is 2.29. The first kappa shape index (κ1) is 27.8. The van der Waals surface area contributed by atoms with Gasteiger partial charge in [0.05, 0.1) is 20.8 Å². The quantitative estimate of drug-likeness (QED) is 0.190. The number of rotatable bonds is 13. The van der Waals surface area contributed by atoms with Gasteiger partial charge in [0, 0.05) is 54.3 Å². The van der Waals surface area contributed by atoms with Crippen molar-refractivity contribution in [2.24, 2.45) is 0 Å². The summed E-state index contributed by atoms with van der Waals surface area (Å²) in [7, 11) is 3.15. The average Bonchev–Trinajstić information content (AvgIpc) is 2.97. The van der Waals surface area contributed by atoms with Crippen LogP contribution in [-0.2, 0) is 11.4 Å². The van der Waals surface area contributed by atoms with Gasteiger partial charge in [-0.15, -0.1) is 0 Å². The predicted octanol–water partition coefficient (Wildman–Crippen LogP) is 4.32. The number of pyridine rings is 2. The second kappa shape index (κ2) is 13.0. The van der Waals surface area contributed by atoms with Gasteiger partial charge in [0.1, 0.15) is 17.1 Å². The molecule has 0 radical (unpaired) electrons. The van der Waals surface area contributed by atoms with Gasteiger partial charge in [0.2, 0.25) is 5.95 Å². The monoisotopic (exact) mass is 533 g/mol. The molecule has 0 fully saturated rings. The summed E-state index contributed by atoms with van der Waals surface area (Å²) >= 11 is 0. The minimum absolute atomic E-state index is 0.165. The van der Waals surface area contributed by atoms with Crippen molar-refractivity contribution in [2.45, 2.75) is 27.3 Å². The zero-order valence-electron chi connectivity index (χ0n) is 23.0. The number of nitrogens with one attached hydrogen (secondary N) is 2. The molecule has 0 aliphatic heterocycles. The maximum atomic E-state index is 13.5. The fourth-order valence-corrected chi connectivity index (χ4v) is 4.22. The number of aryl methyl sites for hydroxylation is 1. The lowest BCUT2D eigenvalue weighted by Crippen LogP contribution is -2.27. The Morgan fingerprint density at radius 1 is 0.974 bits per heavy atom. The van der Waals surface area contributed by atoms with Crippen LogP contribution in [0.4, 0.5) is 17.5 Å². The van der Waals surface area contributed by atoms with Gasteiger partial charge in [-0.3, -0.25) is 14.2 Å². The van der Waals surface area contributed by atoms with Crippen LogP contribution in [0.5, 0.6) is 11.5 Å². The molecule has 0 bridgehead atoms. The number of nitrogens with zero attached hydrogens (tertiary/aromatic N) is 5. The minimum Gasteiger partial charge on any atom is -0.497 e. The van der Waals surface area contributed by atoms with Crippen molar-refractivity contribution in [1.82, 2.24) is 24.4 Å². The SMILES string of the molecule is CCN(CC)CCONc1cc(Nc2ncc3cc(-c4cc(OC)cc(OC)c4)c(=O)n(CC)c3n2)ccn1. The summed E-state index contributed by atoms with van der Waals surface area (Å²) in [5, 5.41) is 3.93. The van der Waals surface area contributed by atoms with Crippen molar-refractivity contribution in [3.05, 3.63) is 59.1 Å². The van der Waals surface area contributed by atoms with Crippen molar-refractivity contribution < 1.29 is 14.3 Å².